The highest BCUT2D eigenvalue weighted by atomic mass is 32.2. The van der Waals surface area contributed by atoms with Crippen LogP contribution in [0.5, 0.6) is 0 Å². The van der Waals surface area contributed by atoms with Gasteiger partial charge >= 0.3 is 0 Å². The van der Waals surface area contributed by atoms with Gasteiger partial charge in [-0.3, -0.25) is 4.79 Å². The molecule has 0 aliphatic rings. The maximum absolute atomic E-state index is 12.0. The van der Waals surface area contributed by atoms with E-state index >= 15 is 0 Å². The van der Waals surface area contributed by atoms with E-state index in [-0.39, 0.29) is 5.56 Å². The van der Waals surface area contributed by atoms with E-state index in [9.17, 15) is 4.79 Å². The predicted molar refractivity (Wildman–Crippen MR) is 89.3 cm³/mol. The van der Waals surface area contributed by atoms with Crippen LogP contribution in [0.15, 0.2) is 34.2 Å². The summed E-state index contributed by atoms with van der Waals surface area (Å²) in [6, 6.07) is 8.26. The van der Waals surface area contributed by atoms with E-state index in [1.807, 2.05) is 40.1 Å². The molecule has 0 aliphatic heterocycles. The van der Waals surface area contributed by atoms with E-state index in [0.717, 1.165) is 17.0 Å². The first-order valence-electron chi connectivity index (χ1n) is 7.00. The third-order valence-corrected chi connectivity index (χ3v) is 4.31. The van der Waals surface area contributed by atoms with Crippen LogP contribution in [0, 0.1) is 6.92 Å². The summed E-state index contributed by atoms with van der Waals surface area (Å²) in [5, 5.41) is 0.684. The molecule has 2 rings (SSSR count). The Labute approximate surface area is 129 Å². The van der Waals surface area contributed by atoms with Gasteiger partial charge in [-0.15, -0.1) is 0 Å². The van der Waals surface area contributed by atoms with Gasteiger partial charge in [0.1, 0.15) is 0 Å². The van der Waals surface area contributed by atoms with E-state index in [2.05, 4.69) is 27.0 Å². The molecule has 0 saturated heterocycles. The molecule has 0 amide bonds. The monoisotopic (exact) mass is 303 g/mol. The zero-order valence-electron chi connectivity index (χ0n) is 12.9. The number of thioether (sulfide) groups is 1. The number of rotatable bonds is 5. The number of anilines is 1. The minimum absolute atomic E-state index is 0.0200. The number of hydrogen-bond donors (Lipinski definition) is 1. The lowest BCUT2D eigenvalue weighted by molar-refractivity contribution is 0.858. The second-order valence-electron chi connectivity index (χ2n) is 5.10. The molecule has 1 aromatic carbocycles. The number of benzene rings is 1. The minimum atomic E-state index is -0.0200. The van der Waals surface area contributed by atoms with Gasteiger partial charge in [-0.2, -0.15) is 0 Å². The Morgan fingerprint density at radius 2 is 2.00 bits per heavy atom. The molecule has 5 heteroatoms. The predicted octanol–water partition coefficient (Wildman–Crippen LogP) is 3.00. The normalized spacial score (nSPS) is 10.7. The molecule has 21 heavy (non-hydrogen) atoms. The van der Waals surface area contributed by atoms with Gasteiger partial charge in [0.2, 0.25) is 0 Å². The average molecular weight is 303 g/mol. The van der Waals surface area contributed by atoms with Gasteiger partial charge in [0, 0.05) is 36.8 Å². The summed E-state index contributed by atoms with van der Waals surface area (Å²) in [6.45, 7) is 3.87. The SMILES string of the molecule is CCc1c(C)nc(SCc2ccccc2N(C)C)[nH]c1=O. The lowest BCUT2D eigenvalue weighted by Crippen LogP contribution is -2.16. The standard InChI is InChI=1S/C16H21N3OS/c1-5-13-11(2)17-16(18-15(13)20)21-10-12-8-6-7-9-14(12)19(3)4/h6-9H,5,10H2,1-4H3,(H,17,18,20). The molecular formula is C16H21N3OS. The Morgan fingerprint density at radius 1 is 1.29 bits per heavy atom. The van der Waals surface area contributed by atoms with E-state index < -0.39 is 0 Å². The zero-order valence-corrected chi connectivity index (χ0v) is 13.8. The van der Waals surface area contributed by atoms with Crippen LogP contribution in [0.1, 0.15) is 23.7 Å². The number of aromatic amines is 1. The fourth-order valence-electron chi connectivity index (χ4n) is 2.28. The van der Waals surface area contributed by atoms with E-state index in [0.29, 0.717) is 11.6 Å². The molecule has 4 nitrogen and oxygen atoms in total. The van der Waals surface area contributed by atoms with Crippen LogP contribution in [0.25, 0.3) is 0 Å². The van der Waals surface area contributed by atoms with Crippen molar-refractivity contribution < 1.29 is 0 Å². The van der Waals surface area contributed by atoms with Gasteiger partial charge in [0.05, 0.1) is 0 Å². The van der Waals surface area contributed by atoms with Gasteiger partial charge in [-0.05, 0) is 25.0 Å². The Hall–Kier alpha value is -1.75. The quantitative estimate of drug-likeness (QED) is 0.681. The highest BCUT2D eigenvalue weighted by Gasteiger charge is 2.09. The van der Waals surface area contributed by atoms with Crippen LogP contribution in [0.4, 0.5) is 5.69 Å². The van der Waals surface area contributed by atoms with Crippen molar-refractivity contribution in [1.82, 2.24) is 9.97 Å². The molecule has 1 aromatic heterocycles. The number of hydrogen-bond acceptors (Lipinski definition) is 4. The largest absolute Gasteiger partial charge is 0.377 e. The lowest BCUT2D eigenvalue weighted by atomic mass is 10.2. The number of nitrogens with zero attached hydrogens (tertiary/aromatic N) is 2. The van der Waals surface area contributed by atoms with Crippen molar-refractivity contribution in [3.8, 4) is 0 Å². The van der Waals surface area contributed by atoms with Crippen molar-refractivity contribution in [3.05, 3.63) is 51.4 Å². The summed E-state index contributed by atoms with van der Waals surface area (Å²) in [5.41, 5.74) is 3.99. The molecule has 0 atom stereocenters. The Kier molecular flexibility index (Phi) is 5.07. The highest BCUT2D eigenvalue weighted by Crippen LogP contribution is 2.25. The molecule has 112 valence electrons. The summed E-state index contributed by atoms with van der Waals surface area (Å²) in [4.78, 5) is 21.4. The Morgan fingerprint density at radius 3 is 2.62 bits per heavy atom. The molecule has 0 radical (unpaired) electrons. The van der Waals surface area contributed by atoms with E-state index in [1.54, 1.807) is 11.8 Å². The molecule has 2 aromatic rings. The number of aromatic nitrogens is 2. The number of para-hydroxylation sites is 1. The lowest BCUT2D eigenvalue weighted by Gasteiger charge is -2.17. The maximum Gasteiger partial charge on any atom is 0.254 e. The van der Waals surface area contributed by atoms with Crippen molar-refractivity contribution in [1.29, 1.82) is 0 Å². The fraction of sp³-hybridized carbons (Fsp3) is 0.375. The van der Waals surface area contributed by atoms with Gasteiger partial charge < -0.3 is 9.88 Å². The van der Waals surface area contributed by atoms with Crippen molar-refractivity contribution in [2.75, 3.05) is 19.0 Å². The molecule has 1 heterocycles. The molecule has 0 bridgehead atoms. The average Bonchev–Trinajstić information content (AvgIpc) is 2.45. The fourth-order valence-corrected chi connectivity index (χ4v) is 3.19. The van der Waals surface area contributed by atoms with Crippen LogP contribution >= 0.6 is 11.8 Å². The molecule has 0 spiro atoms. The number of H-pyrrole nitrogens is 1. The minimum Gasteiger partial charge on any atom is -0.377 e. The van der Waals surface area contributed by atoms with Gasteiger partial charge in [0.25, 0.3) is 5.56 Å². The summed E-state index contributed by atoms with van der Waals surface area (Å²) >= 11 is 1.56. The third kappa shape index (κ3) is 3.67. The van der Waals surface area contributed by atoms with Gasteiger partial charge in [0.15, 0.2) is 5.16 Å². The second-order valence-corrected chi connectivity index (χ2v) is 6.06. The maximum atomic E-state index is 12.0. The number of nitrogens with one attached hydrogen (secondary N) is 1. The van der Waals surface area contributed by atoms with Gasteiger partial charge in [-0.25, -0.2) is 4.98 Å². The molecule has 0 fully saturated rings. The van der Waals surface area contributed by atoms with Gasteiger partial charge in [-0.1, -0.05) is 36.9 Å². The first-order chi connectivity index (χ1) is 10.0. The second kappa shape index (κ2) is 6.80. The topological polar surface area (TPSA) is 49.0 Å². The van der Waals surface area contributed by atoms with Crippen molar-refractivity contribution >= 4 is 17.4 Å². The molecule has 0 unspecified atom stereocenters. The Balaban J connectivity index is 2.19. The van der Waals surface area contributed by atoms with Crippen molar-refractivity contribution in [2.24, 2.45) is 0 Å². The van der Waals surface area contributed by atoms with E-state index in [4.69, 9.17) is 0 Å². The van der Waals surface area contributed by atoms with E-state index in [1.165, 1.54) is 11.3 Å². The summed E-state index contributed by atoms with van der Waals surface area (Å²) in [6.07, 6.45) is 0.711. The van der Waals surface area contributed by atoms with Crippen LogP contribution in [-0.2, 0) is 12.2 Å². The van der Waals surface area contributed by atoms with Crippen LogP contribution in [0.3, 0.4) is 0 Å². The summed E-state index contributed by atoms with van der Waals surface area (Å²) < 4.78 is 0. The van der Waals surface area contributed by atoms with Crippen molar-refractivity contribution in [2.45, 2.75) is 31.2 Å². The summed E-state index contributed by atoms with van der Waals surface area (Å²) in [7, 11) is 4.06. The molecule has 1 N–H and O–H groups in total. The number of aryl methyl sites for hydroxylation is 1. The summed E-state index contributed by atoms with van der Waals surface area (Å²) in [5.74, 6) is 0.780. The molecular weight excluding hydrogens is 282 g/mol. The first-order valence-corrected chi connectivity index (χ1v) is 7.99. The van der Waals surface area contributed by atoms with Crippen LogP contribution < -0.4 is 10.5 Å². The molecule has 0 saturated carbocycles. The third-order valence-electron chi connectivity index (χ3n) is 3.39. The molecule has 0 aliphatic carbocycles. The highest BCUT2D eigenvalue weighted by molar-refractivity contribution is 7.98. The van der Waals surface area contributed by atoms with Crippen LogP contribution in [-0.4, -0.2) is 24.1 Å². The smallest absolute Gasteiger partial charge is 0.254 e. The van der Waals surface area contributed by atoms with Crippen molar-refractivity contribution in [3.63, 3.8) is 0 Å². The first kappa shape index (κ1) is 15.6. The Bertz CT molecular complexity index is 679. The zero-order chi connectivity index (χ0) is 15.4. The van der Waals surface area contributed by atoms with Crippen LogP contribution in [0.2, 0.25) is 0 Å².